The van der Waals surface area contributed by atoms with Gasteiger partial charge in [0.15, 0.2) is 0 Å². The van der Waals surface area contributed by atoms with Crippen LogP contribution in [0.15, 0.2) is 35.6 Å². The molecular weight excluding hydrogens is 428 g/mol. The Morgan fingerprint density at radius 1 is 1.29 bits per heavy atom. The first-order valence-corrected chi connectivity index (χ1v) is 13.0. The highest BCUT2D eigenvalue weighted by Crippen LogP contribution is 2.51. The molecule has 2 fully saturated rings. The highest BCUT2D eigenvalue weighted by Gasteiger charge is 2.47. The van der Waals surface area contributed by atoms with Gasteiger partial charge in [0.25, 0.3) is 0 Å². The number of carbonyl (C=O) groups is 2. The van der Waals surface area contributed by atoms with Crippen molar-refractivity contribution < 1.29 is 14.3 Å². The van der Waals surface area contributed by atoms with E-state index >= 15 is 0 Å². The van der Waals surface area contributed by atoms with Crippen molar-refractivity contribution in [2.45, 2.75) is 58.9 Å². The van der Waals surface area contributed by atoms with Gasteiger partial charge in [-0.25, -0.2) is 0 Å². The van der Waals surface area contributed by atoms with Crippen LogP contribution in [0.3, 0.4) is 0 Å². The summed E-state index contributed by atoms with van der Waals surface area (Å²) < 4.78 is 5.50. The normalized spacial score (nSPS) is 33.2. The van der Waals surface area contributed by atoms with E-state index in [9.17, 15) is 9.59 Å². The molecule has 7 heteroatoms. The summed E-state index contributed by atoms with van der Waals surface area (Å²) in [5.41, 5.74) is 7.90. The number of morpholine rings is 1. The average molecular weight is 471 g/mol. The summed E-state index contributed by atoms with van der Waals surface area (Å²) in [7, 11) is 0. The Kier molecular flexibility index (Phi) is 7.65. The van der Waals surface area contributed by atoms with Gasteiger partial charge in [0.05, 0.1) is 25.2 Å². The quantitative estimate of drug-likeness (QED) is 0.533. The van der Waals surface area contributed by atoms with Crippen molar-refractivity contribution in [3.05, 3.63) is 35.6 Å². The van der Waals surface area contributed by atoms with Gasteiger partial charge in [-0.2, -0.15) is 0 Å². The zero-order valence-corrected chi connectivity index (χ0v) is 21.1. The van der Waals surface area contributed by atoms with Crippen LogP contribution in [0.5, 0.6) is 0 Å². The number of carbonyl (C=O) groups excluding carboxylic acids is 2. The van der Waals surface area contributed by atoms with Gasteiger partial charge < -0.3 is 20.7 Å². The predicted octanol–water partition coefficient (Wildman–Crippen LogP) is 2.60. The third-order valence-electron chi connectivity index (χ3n) is 8.34. The fraction of sp³-hybridized carbons (Fsp3) is 0.704. The second kappa shape index (κ2) is 10.3. The molecule has 0 spiro atoms. The van der Waals surface area contributed by atoms with Crippen LogP contribution in [0.2, 0.25) is 0 Å². The molecule has 4 aliphatic rings. The van der Waals surface area contributed by atoms with Crippen molar-refractivity contribution in [3.63, 3.8) is 0 Å². The average Bonchev–Trinajstić information content (AvgIpc) is 2.83. The summed E-state index contributed by atoms with van der Waals surface area (Å²) >= 11 is 0. The van der Waals surface area contributed by atoms with Gasteiger partial charge in [0, 0.05) is 49.3 Å². The summed E-state index contributed by atoms with van der Waals surface area (Å²) in [4.78, 5) is 29.8. The standard InChI is InChI=1S/C27H42N4O3/c1-20(24(28)32)29-19-21-18-27(3)10-7-22(26(2)8-5-4-6-9-26)17-23(27)31(25(21)33)12-11-30-13-15-34-16-14-30/h5,7-8,17,20-21,29H,4,6,9-16,18-19H2,1-3H3,(H2,28,32). The van der Waals surface area contributed by atoms with Crippen LogP contribution in [0.4, 0.5) is 0 Å². The number of fused-ring (bicyclic) bond motifs is 1. The molecule has 4 atom stereocenters. The largest absolute Gasteiger partial charge is 0.379 e. The maximum absolute atomic E-state index is 13.8. The van der Waals surface area contributed by atoms with Crippen LogP contribution in [-0.4, -0.2) is 73.6 Å². The van der Waals surface area contributed by atoms with Gasteiger partial charge in [-0.3, -0.25) is 14.5 Å². The van der Waals surface area contributed by atoms with Gasteiger partial charge in [-0.1, -0.05) is 32.1 Å². The lowest BCUT2D eigenvalue weighted by molar-refractivity contribution is -0.139. The molecule has 0 aromatic rings. The molecule has 2 saturated heterocycles. The molecule has 0 bridgehead atoms. The molecule has 188 valence electrons. The van der Waals surface area contributed by atoms with Crippen LogP contribution in [0.25, 0.3) is 0 Å². The molecule has 2 aliphatic heterocycles. The first kappa shape index (κ1) is 25.1. The smallest absolute Gasteiger partial charge is 0.234 e. The minimum atomic E-state index is -0.449. The lowest BCUT2D eigenvalue weighted by Gasteiger charge is -2.49. The molecular formula is C27H42N4O3. The van der Waals surface area contributed by atoms with E-state index in [1.165, 1.54) is 17.7 Å². The third kappa shape index (κ3) is 5.31. The second-order valence-electron chi connectivity index (χ2n) is 11.0. The zero-order valence-electron chi connectivity index (χ0n) is 21.1. The SMILES string of the molecule is CC(NCC1CC2(C)CC=C(C3(C)C=CCCC3)C=C2N(CCN2CCOCC2)C1=O)C(N)=O. The number of ether oxygens (including phenoxy) is 1. The minimum absolute atomic E-state index is 0.0425. The molecule has 0 saturated carbocycles. The first-order valence-electron chi connectivity index (χ1n) is 13.0. The number of likely N-dealkylation sites (tertiary alicyclic amines) is 1. The number of nitrogens with one attached hydrogen (secondary N) is 1. The van der Waals surface area contributed by atoms with Gasteiger partial charge in [0.1, 0.15) is 0 Å². The Balaban J connectivity index is 1.58. The van der Waals surface area contributed by atoms with E-state index in [0.29, 0.717) is 13.1 Å². The Labute approximate surface area is 204 Å². The summed E-state index contributed by atoms with van der Waals surface area (Å²) in [5, 5.41) is 3.19. The number of amides is 2. The third-order valence-corrected chi connectivity index (χ3v) is 8.34. The maximum atomic E-state index is 13.8. The molecule has 4 rings (SSSR count). The number of allylic oxidation sites excluding steroid dienone is 6. The number of rotatable bonds is 8. The Bertz CT molecular complexity index is 875. The van der Waals surface area contributed by atoms with Crippen molar-refractivity contribution in [2.75, 3.05) is 45.9 Å². The van der Waals surface area contributed by atoms with E-state index in [0.717, 1.165) is 58.5 Å². The molecule has 34 heavy (non-hydrogen) atoms. The fourth-order valence-electron chi connectivity index (χ4n) is 5.91. The van der Waals surface area contributed by atoms with Crippen LogP contribution >= 0.6 is 0 Å². The Morgan fingerprint density at radius 2 is 2.06 bits per heavy atom. The lowest BCUT2D eigenvalue weighted by Crippen LogP contribution is -2.54. The number of hydrogen-bond acceptors (Lipinski definition) is 5. The molecule has 2 amide bonds. The van der Waals surface area contributed by atoms with Crippen molar-refractivity contribution >= 4 is 11.8 Å². The molecule has 3 N–H and O–H groups in total. The summed E-state index contributed by atoms with van der Waals surface area (Å²) in [5.74, 6) is -0.404. The molecule has 2 aliphatic carbocycles. The second-order valence-corrected chi connectivity index (χ2v) is 11.0. The van der Waals surface area contributed by atoms with Crippen molar-refractivity contribution in [3.8, 4) is 0 Å². The Hall–Kier alpha value is -1.96. The van der Waals surface area contributed by atoms with E-state index in [-0.39, 0.29) is 22.7 Å². The van der Waals surface area contributed by atoms with Gasteiger partial charge >= 0.3 is 0 Å². The summed E-state index contributed by atoms with van der Waals surface area (Å²) in [6.07, 6.45) is 14.6. The van der Waals surface area contributed by atoms with Gasteiger partial charge in [0.2, 0.25) is 11.8 Å². The highest BCUT2D eigenvalue weighted by atomic mass is 16.5. The minimum Gasteiger partial charge on any atom is -0.379 e. The van der Waals surface area contributed by atoms with Crippen molar-refractivity contribution in [1.29, 1.82) is 0 Å². The number of nitrogens with zero attached hydrogens (tertiary/aromatic N) is 2. The molecule has 4 unspecified atom stereocenters. The fourth-order valence-corrected chi connectivity index (χ4v) is 5.91. The van der Waals surface area contributed by atoms with Gasteiger partial charge in [-0.05, 0) is 50.7 Å². The molecule has 7 nitrogen and oxygen atoms in total. The zero-order chi connectivity index (χ0) is 24.3. The van der Waals surface area contributed by atoms with E-state index in [1.54, 1.807) is 6.92 Å². The summed E-state index contributed by atoms with van der Waals surface area (Å²) in [6.45, 7) is 11.7. The maximum Gasteiger partial charge on any atom is 0.234 e. The van der Waals surface area contributed by atoms with E-state index in [1.807, 2.05) is 0 Å². The number of nitrogens with two attached hydrogens (primary N) is 1. The Morgan fingerprint density at radius 3 is 2.74 bits per heavy atom. The van der Waals surface area contributed by atoms with Crippen LogP contribution in [-0.2, 0) is 14.3 Å². The number of hydrogen-bond donors (Lipinski definition) is 2. The number of piperidine rings is 1. The van der Waals surface area contributed by atoms with E-state index in [2.05, 4.69) is 53.3 Å². The topological polar surface area (TPSA) is 87.9 Å². The summed E-state index contributed by atoms with van der Waals surface area (Å²) in [6, 6.07) is -0.449. The highest BCUT2D eigenvalue weighted by molar-refractivity contribution is 5.83. The number of primary amides is 1. The van der Waals surface area contributed by atoms with Crippen LogP contribution in [0, 0.1) is 16.7 Å². The van der Waals surface area contributed by atoms with Crippen molar-refractivity contribution in [1.82, 2.24) is 15.1 Å². The van der Waals surface area contributed by atoms with Crippen LogP contribution in [0.1, 0.15) is 52.9 Å². The predicted molar refractivity (Wildman–Crippen MR) is 134 cm³/mol. The monoisotopic (exact) mass is 470 g/mol. The molecule has 0 radical (unpaired) electrons. The van der Waals surface area contributed by atoms with E-state index in [4.69, 9.17) is 10.5 Å². The van der Waals surface area contributed by atoms with Crippen molar-refractivity contribution in [2.24, 2.45) is 22.5 Å². The molecule has 2 heterocycles. The lowest BCUT2D eigenvalue weighted by atomic mass is 9.65. The molecule has 0 aromatic heterocycles. The van der Waals surface area contributed by atoms with Crippen LogP contribution < -0.4 is 11.1 Å². The van der Waals surface area contributed by atoms with Gasteiger partial charge in [-0.15, -0.1) is 0 Å². The van der Waals surface area contributed by atoms with E-state index < -0.39 is 11.9 Å². The first-order chi connectivity index (χ1) is 16.2. The molecule has 0 aromatic carbocycles.